The van der Waals surface area contributed by atoms with Gasteiger partial charge in [0.1, 0.15) is 5.82 Å². The molecule has 3 rings (SSSR count). The van der Waals surface area contributed by atoms with E-state index in [4.69, 9.17) is 10.3 Å². The summed E-state index contributed by atoms with van der Waals surface area (Å²) in [5, 5.41) is 3.86. The van der Waals surface area contributed by atoms with Crippen molar-refractivity contribution in [1.82, 2.24) is 10.1 Å². The van der Waals surface area contributed by atoms with E-state index in [1.165, 1.54) is 12.1 Å². The lowest BCUT2D eigenvalue weighted by Crippen LogP contribution is -1.90. The first kappa shape index (κ1) is 12.3. The summed E-state index contributed by atoms with van der Waals surface area (Å²) in [7, 11) is 0. The number of aromatic nitrogens is 2. The van der Waals surface area contributed by atoms with Crippen LogP contribution in [-0.4, -0.2) is 10.1 Å². The molecule has 3 aromatic rings. The van der Waals surface area contributed by atoms with Crippen LogP contribution in [0.4, 0.5) is 10.1 Å². The van der Waals surface area contributed by atoms with Crippen molar-refractivity contribution in [3.8, 4) is 11.4 Å². The predicted octanol–water partition coefficient (Wildman–Crippen LogP) is 3.05. The number of hydrogen-bond donors (Lipinski definition) is 1. The van der Waals surface area contributed by atoms with Gasteiger partial charge in [0.25, 0.3) is 0 Å². The normalized spacial score (nSPS) is 10.7. The second kappa shape index (κ2) is 5.13. The van der Waals surface area contributed by atoms with Crippen LogP contribution in [0.15, 0.2) is 53.1 Å². The lowest BCUT2D eigenvalue weighted by atomic mass is 10.1. The van der Waals surface area contributed by atoms with Crippen molar-refractivity contribution in [2.24, 2.45) is 0 Å². The van der Waals surface area contributed by atoms with Gasteiger partial charge in [-0.2, -0.15) is 4.98 Å². The summed E-state index contributed by atoms with van der Waals surface area (Å²) in [4.78, 5) is 4.26. The number of benzene rings is 2. The van der Waals surface area contributed by atoms with Gasteiger partial charge in [0.15, 0.2) is 0 Å². The minimum Gasteiger partial charge on any atom is -0.399 e. The van der Waals surface area contributed by atoms with E-state index >= 15 is 0 Å². The second-order valence-corrected chi connectivity index (χ2v) is 4.44. The number of halogens is 1. The Morgan fingerprint density at radius 1 is 1.10 bits per heavy atom. The SMILES string of the molecule is Nc1ccc(Cc2nc(-c3cccc(F)c3)no2)cc1. The molecular formula is C15H12FN3O. The Morgan fingerprint density at radius 3 is 2.65 bits per heavy atom. The quantitative estimate of drug-likeness (QED) is 0.742. The van der Waals surface area contributed by atoms with Gasteiger partial charge in [-0.05, 0) is 29.8 Å². The zero-order valence-electron chi connectivity index (χ0n) is 10.6. The number of nitrogens with zero attached hydrogens (tertiary/aromatic N) is 2. The molecule has 20 heavy (non-hydrogen) atoms. The molecule has 0 fully saturated rings. The molecule has 1 heterocycles. The summed E-state index contributed by atoms with van der Waals surface area (Å²) in [6, 6.07) is 13.5. The molecule has 0 atom stereocenters. The van der Waals surface area contributed by atoms with Crippen LogP contribution in [0.25, 0.3) is 11.4 Å². The van der Waals surface area contributed by atoms with Crippen molar-refractivity contribution >= 4 is 5.69 Å². The van der Waals surface area contributed by atoms with Crippen molar-refractivity contribution in [2.45, 2.75) is 6.42 Å². The van der Waals surface area contributed by atoms with Crippen molar-refractivity contribution in [1.29, 1.82) is 0 Å². The summed E-state index contributed by atoms with van der Waals surface area (Å²) >= 11 is 0. The number of anilines is 1. The number of nitrogens with two attached hydrogens (primary N) is 1. The number of rotatable bonds is 3. The predicted molar refractivity (Wildman–Crippen MR) is 73.4 cm³/mol. The van der Waals surface area contributed by atoms with Crippen molar-refractivity contribution in [2.75, 3.05) is 5.73 Å². The number of hydrogen-bond acceptors (Lipinski definition) is 4. The van der Waals surface area contributed by atoms with Crippen LogP contribution in [0, 0.1) is 5.82 Å². The van der Waals surface area contributed by atoms with E-state index in [9.17, 15) is 4.39 Å². The van der Waals surface area contributed by atoms with E-state index in [-0.39, 0.29) is 5.82 Å². The fourth-order valence-electron chi connectivity index (χ4n) is 1.88. The molecule has 0 aliphatic rings. The third-order valence-electron chi connectivity index (χ3n) is 2.89. The van der Waals surface area contributed by atoms with Crippen LogP contribution in [0.3, 0.4) is 0 Å². The largest absolute Gasteiger partial charge is 0.399 e. The van der Waals surface area contributed by atoms with E-state index in [2.05, 4.69) is 10.1 Å². The highest BCUT2D eigenvalue weighted by atomic mass is 19.1. The zero-order valence-corrected chi connectivity index (χ0v) is 10.6. The topological polar surface area (TPSA) is 64.9 Å². The molecule has 0 bridgehead atoms. The molecule has 2 N–H and O–H groups in total. The minimum atomic E-state index is -0.326. The Bertz CT molecular complexity index is 722. The molecule has 5 heteroatoms. The summed E-state index contributed by atoms with van der Waals surface area (Å²) < 4.78 is 18.3. The molecule has 0 spiro atoms. The average Bonchev–Trinajstić information content (AvgIpc) is 2.90. The first-order valence-electron chi connectivity index (χ1n) is 6.14. The molecule has 0 amide bonds. The van der Waals surface area contributed by atoms with E-state index in [1.807, 2.05) is 24.3 Å². The summed E-state index contributed by atoms with van der Waals surface area (Å²) in [6.07, 6.45) is 0.516. The van der Waals surface area contributed by atoms with Crippen molar-refractivity contribution in [3.05, 3.63) is 65.8 Å². The van der Waals surface area contributed by atoms with Gasteiger partial charge in [-0.1, -0.05) is 29.4 Å². The first-order chi connectivity index (χ1) is 9.70. The van der Waals surface area contributed by atoms with Gasteiger partial charge in [-0.15, -0.1) is 0 Å². The van der Waals surface area contributed by atoms with E-state index in [1.54, 1.807) is 12.1 Å². The lowest BCUT2D eigenvalue weighted by Gasteiger charge is -1.97. The van der Waals surface area contributed by atoms with Gasteiger partial charge in [-0.3, -0.25) is 0 Å². The third kappa shape index (κ3) is 2.66. The molecule has 0 unspecified atom stereocenters. The van der Waals surface area contributed by atoms with E-state index in [0.717, 1.165) is 5.56 Å². The molecular weight excluding hydrogens is 257 g/mol. The monoisotopic (exact) mass is 269 g/mol. The highest BCUT2D eigenvalue weighted by Gasteiger charge is 2.09. The molecule has 2 aromatic carbocycles. The Kier molecular flexibility index (Phi) is 3.16. The van der Waals surface area contributed by atoms with Crippen LogP contribution in [0.1, 0.15) is 11.5 Å². The fourth-order valence-corrected chi connectivity index (χ4v) is 1.88. The lowest BCUT2D eigenvalue weighted by molar-refractivity contribution is 0.385. The Hall–Kier alpha value is -2.69. The maximum Gasteiger partial charge on any atom is 0.231 e. The molecule has 0 saturated heterocycles. The van der Waals surface area contributed by atoms with Gasteiger partial charge in [0.2, 0.25) is 11.7 Å². The smallest absolute Gasteiger partial charge is 0.231 e. The molecule has 1 aromatic heterocycles. The second-order valence-electron chi connectivity index (χ2n) is 4.44. The van der Waals surface area contributed by atoms with Crippen LogP contribution < -0.4 is 5.73 Å². The molecule has 0 aliphatic carbocycles. The Morgan fingerprint density at radius 2 is 1.90 bits per heavy atom. The molecule has 100 valence electrons. The van der Waals surface area contributed by atoms with E-state index < -0.39 is 0 Å². The van der Waals surface area contributed by atoms with Gasteiger partial charge in [0.05, 0.1) is 6.42 Å². The zero-order chi connectivity index (χ0) is 13.9. The van der Waals surface area contributed by atoms with Crippen molar-refractivity contribution in [3.63, 3.8) is 0 Å². The summed E-state index contributed by atoms with van der Waals surface area (Å²) in [5.41, 5.74) is 7.95. The Labute approximate surface area is 115 Å². The molecule has 4 nitrogen and oxygen atoms in total. The van der Waals surface area contributed by atoms with Crippen molar-refractivity contribution < 1.29 is 8.91 Å². The van der Waals surface area contributed by atoms with Crippen LogP contribution in [0.5, 0.6) is 0 Å². The molecule has 0 saturated carbocycles. The van der Waals surface area contributed by atoms with Crippen LogP contribution in [-0.2, 0) is 6.42 Å². The summed E-state index contributed by atoms with van der Waals surface area (Å²) in [5.74, 6) is 0.538. The molecule has 0 aliphatic heterocycles. The van der Waals surface area contributed by atoms with Gasteiger partial charge in [0, 0.05) is 11.3 Å². The van der Waals surface area contributed by atoms with Gasteiger partial charge < -0.3 is 10.3 Å². The Balaban J connectivity index is 1.82. The van der Waals surface area contributed by atoms with Gasteiger partial charge >= 0.3 is 0 Å². The van der Waals surface area contributed by atoms with Crippen LogP contribution >= 0.6 is 0 Å². The highest BCUT2D eigenvalue weighted by molar-refractivity contribution is 5.54. The summed E-state index contributed by atoms with van der Waals surface area (Å²) in [6.45, 7) is 0. The standard InChI is InChI=1S/C15H12FN3O/c16-12-3-1-2-11(9-12)15-18-14(20-19-15)8-10-4-6-13(17)7-5-10/h1-7,9H,8,17H2. The fraction of sp³-hybridized carbons (Fsp3) is 0.0667. The first-order valence-corrected chi connectivity index (χ1v) is 6.14. The van der Waals surface area contributed by atoms with Gasteiger partial charge in [-0.25, -0.2) is 4.39 Å². The molecule has 0 radical (unpaired) electrons. The maximum absolute atomic E-state index is 13.1. The third-order valence-corrected chi connectivity index (χ3v) is 2.89. The highest BCUT2D eigenvalue weighted by Crippen LogP contribution is 2.18. The minimum absolute atomic E-state index is 0.326. The number of nitrogen functional groups attached to an aromatic ring is 1. The van der Waals surface area contributed by atoms with Crippen LogP contribution in [0.2, 0.25) is 0 Å². The maximum atomic E-state index is 13.1. The van der Waals surface area contributed by atoms with E-state index in [0.29, 0.717) is 29.4 Å². The average molecular weight is 269 g/mol.